The summed E-state index contributed by atoms with van der Waals surface area (Å²) in [5.74, 6) is 0.136. The molecule has 0 unspecified atom stereocenters. The van der Waals surface area contributed by atoms with Gasteiger partial charge in [-0.15, -0.1) is 0 Å². The van der Waals surface area contributed by atoms with Crippen molar-refractivity contribution in [3.05, 3.63) is 29.8 Å². The average Bonchev–Trinajstić information content (AvgIpc) is 2.47. The number of nitrogens with one attached hydrogen (secondary N) is 1. The number of hydrogen-bond donors (Lipinski definition) is 2. The number of amides is 3. The largest absolute Gasteiger partial charge is 0.366 e. The molecule has 1 aliphatic rings. The summed E-state index contributed by atoms with van der Waals surface area (Å²) in [7, 11) is 0. The molecule has 3 amide bonds. The molecule has 1 saturated heterocycles. The van der Waals surface area contributed by atoms with Gasteiger partial charge in [-0.25, -0.2) is 4.79 Å². The number of primary amides is 1. The number of benzene rings is 1. The minimum Gasteiger partial charge on any atom is -0.366 e. The van der Waals surface area contributed by atoms with E-state index in [2.05, 4.69) is 12.2 Å². The van der Waals surface area contributed by atoms with Crippen LogP contribution >= 0.6 is 0 Å². The van der Waals surface area contributed by atoms with Crippen molar-refractivity contribution in [3.8, 4) is 0 Å². The first-order chi connectivity index (χ1) is 9.60. The number of urea groups is 1. The molecule has 1 heterocycles. The van der Waals surface area contributed by atoms with Gasteiger partial charge in [0.05, 0.1) is 0 Å². The van der Waals surface area contributed by atoms with Gasteiger partial charge in [0.15, 0.2) is 0 Å². The summed E-state index contributed by atoms with van der Waals surface area (Å²) in [6, 6.07) is 6.54. The molecule has 3 N–H and O–H groups in total. The first kappa shape index (κ1) is 14.4. The van der Waals surface area contributed by atoms with Gasteiger partial charge in [0.2, 0.25) is 5.91 Å². The zero-order chi connectivity index (χ0) is 14.5. The third kappa shape index (κ3) is 3.50. The van der Waals surface area contributed by atoms with E-state index in [-0.39, 0.29) is 6.03 Å². The molecule has 0 aromatic heterocycles. The molecule has 1 aliphatic heterocycles. The van der Waals surface area contributed by atoms with Crippen molar-refractivity contribution in [3.63, 3.8) is 0 Å². The van der Waals surface area contributed by atoms with Gasteiger partial charge in [0.25, 0.3) is 0 Å². The second-order valence-electron chi connectivity index (χ2n) is 5.23. The predicted molar refractivity (Wildman–Crippen MR) is 78.6 cm³/mol. The number of nitrogens with two attached hydrogens (primary N) is 1. The second-order valence-corrected chi connectivity index (χ2v) is 5.23. The second kappa shape index (κ2) is 6.41. The highest BCUT2D eigenvalue weighted by Gasteiger charge is 2.22. The first-order valence-corrected chi connectivity index (χ1v) is 7.06. The van der Waals surface area contributed by atoms with Crippen LogP contribution in [0, 0.1) is 5.92 Å². The minimum atomic E-state index is -0.468. The topological polar surface area (TPSA) is 75.4 Å². The standard InChI is InChI=1S/C15H21N3O2/c1-2-11-4-3-9-18(10-11)15(20)17-13-7-5-12(6-8-13)14(16)19/h5-8,11H,2-4,9-10H2,1H3,(H2,16,19)(H,17,20)/t11-/m1/s1. The van der Waals surface area contributed by atoms with Crippen LogP contribution in [0.4, 0.5) is 10.5 Å². The van der Waals surface area contributed by atoms with E-state index in [0.29, 0.717) is 17.2 Å². The number of likely N-dealkylation sites (tertiary alicyclic amines) is 1. The predicted octanol–water partition coefficient (Wildman–Crippen LogP) is 2.44. The molecule has 0 spiro atoms. The zero-order valence-electron chi connectivity index (χ0n) is 11.8. The molecule has 0 bridgehead atoms. The monoisotopic (exact) mass is 275 g/mol. The Morgan fingerprint density at radius 3 is 2.65 bits per heavy atom. The van der Waals surface area contributed by atoms with Crippen molar-refractivity contribution in [1.82, 2.24) is 4.90 Å². The van der Waals surface area contributed by atoms with E-state index >= 15 is 0 Å². The van der Waals surface area contributed by atoms with Crippen LogP contribution in [0.3, 0.4) is 0 Å². The lowest BCUT2D eigenvalue weighted by Crippen LogP contribution is -2.42. The van der Waals surface area contributed by atoms with Crippen molar-refractivity contribution < 1.29 is 9.59 Å². The van der Waals surface area contributed by atoms with Crippen LogP contribution in [-0.4, -0.2) is 29.9 Å². The van der Waals surface area contributed by atoms with Gasteiger partial charge in [-0.3, -0.25) is 4.79 Å². The fourth-order valence-corrected chi connectivity index (χ4v) is 2.50. The van der Waals surface area contributed by atoms with Gasteiger partial charge in [-0.05, 0) is 43.0 Å². The molecule has 0 saturated carbocycles. The summed E-state index contributed by atoms with van der Waals surface area (Å²) < 4.78 is 0. The van der Waals surface area contributed by atoms with Crippen LogP contribution in [0.25, 0.3) is 0 Å². The Labute approximate surface area is 119 Å². The van der Waals surface area contributed by atoms with E-state index in [1.165, 1.54) is 6.42 Å². The van der Waals surface area contributed by atoms with Crippen LogP contribution < -0.4 is 11.1 Å². The Bertz CT molecular complexity index is 484. The Morgan fingerprint density at radius 1 is 1.35 bits per heavy atom. The van der Waals surface area contributed by atoms with Gasteiger partial charge in [0.1, 0.15) is 0 Å². The smallest absolute Gasteiger partial charge is 0.321 e. The number of nitrogens with zero attached hydrogens (tertiary/aromatic N) is 1. The van der Waals surface area contributed by atoms with Crippen molar-refractivity contribution in [2.75, 3.05) is 18.4 Å². The third-order valence-electron chi connectivity index (χ3n) is 3.80. The lowest BCUT2D eigenvalue weighted by atomic mass is 9.96. The van der Waals surface area contributed by atoms with E-state index in [9.17, 15) is 9.59 Å². The lowest BCUT2D eigenvalue weighted by Gasteiger charge is -2.32. The highest BCUT2D eigenvalue weighted by molar-refractivity contribution is 5.94. The summed E-state index contributed by atoms with van der Waals surface area (Å²) in [6.07, 6.45) is 3.37. The molecule has 0 aliphatic carbocycles. The molecule has 1 aromatic rings. The maximum Gasteiger partial charge on any atom is 0.321 e. The Balaban J connectivity index is 1.95. The molecule has 20 heavy (non-hydrogen) atoms. The highest BCUT2D eigenvalue weighted by atomic mass is 16.2. The fourth-order valence-electron chi connectivity index (χ4n) is 2.50. The first-order valence-electron chi connectivity index (χ1n) is 7.06. The van der Waals surface area contributed by atoms with Gasteiger partial charge < -0.3 is 16.0 Å². The lowest BCUT2D eigenvalue weighted by molar-refractivity contribution is 0.100. The van der Waals surface area contributed by atoms with Crippen molar-refractivity contribution in [2.24, 2.45) is 11.7 Å². The number of rotatable bonds is 3. The van der Waals surface area contributed by atoms with E-state index in [0.717, 1.165) is 25.9 Å². The SMILES string of the molecule is CC[C@@H]1CCCN(C(=O)Nc2ccc(C(N)=O)cc2)C1. The molecule has 108 valence electrons. The molecule has 5 nitrogen and oxygen atoms in total. The molecule has 2 rings (SSSR count). The molecule has 5 heteroatoms. The normalized spacial score (nSPS) is 18.6. The molecule has 1 aromatic carbocycles. The van der Waals surface area contributed by atoms with Crippen LogP contribution in [-0.2, 0) is 0 Å². The zero-order valence-corrected chi connectivity index (χ0v) is 11.8. The average molecular weight is 275 g/mol. The van der Waals surface area contributed by atoms with E-state index < -0.39 is 5.91 Å². The molecule has 1 fully saturated rings. The van der Waals surface area contributed by atoms with E-state index in [1.807, 2.05) is 4.90 Å². The molecular formula is C15H21N3O2. The molecule has 0 radical (unpaired) electrons. The molecule has 1 atom stereocenters. The number of carbonyl (C=O) groups is 2. The molecular weight excluding hydrogens is 254 g/mol. The van der Waals surface area contributed by atoms with Crippen LogP contribution in [0.1, 0.15) is 36.5 Å². The third-order valence-corrected chi connectivity index (χ3v) is 3.80. The van der Waals surface area contributed by atoms with E-state index in [1.54, 1.807) is 24.3 Å². The summed E-state index contributed by atoms with van der Waals surface area (Å²) in [5.41, 5.74) is 6.29. The Hall–Kier alpha value is -2.04. The number of piperidine rings is 1. The summed E-state index contributed by atoms with van der Waals surface area (Å²) in [4.78, 5) is 25.0. The Morgan fingerprint density at radius 2 is 2.05 bits per heavy atom. The van der Waals surface area contributed by atoms with Crippen molar-refractivity contribution in [2.45, 2.75) is 26.2 Å². The summed E-state index contributed by atoms with van der Waals surface area (Å²) in [6.45, 7) is 3.79. The van der Waals surface area contributed by atoms with Crippen molar-refractivity contribution in [1.29, 1.82) is 0 Å². The number of carbonyl (C=O) groups excluding carboxylic acids is 2. The van der Waals surface area contributed by atoms with E-state index in [4.69, 9.17) is 5.73 Å². The Kier molecular flexibility index (Phi) is 4.61. The number of hydrogen-bond acceptors (Lipinski definition) is 2. The maximum atomic E-state index is 12.2. The van der Waals surface area contributed by atoms with Crippen LogP contribution in [0.2, 0.25) is 0 Å². The van der Waals surface area contributed by atoms with Crippen LogP contribution in [0.5, 0.6) is 0 Å². The van der Waals surface area contributed by atoms with Crippen molar-refractivity contribution >= 4 is 17.6 Å². The summed E-state index contributed by atoms with van der Waals surface area (Å²) >= 11 is 0. The van der Waals surface area contributed by atoms with Gasteiger partial charge >= 0.3 is 6.03 Å². The number of anilines is 1. The maximum absolute atomic E-state index is 12.2. The highest BCUT2D eigenvalue weighted by Crippen LogP contribution is 2.20. The van der Waals surface area contributed by atoms with Gasteiger partial charge in [-0.2, -0.15) is 0 Å². The van der Waals surface area contributed by atoms with Gasteiger partial charge in [-0.1, -0.05) is 13.3 Å². The van der Waals surface area contributed by atoms with Crippen LogP contribution in [0.15, 0.2) is 24.3 Å². The quantitative estimate of drug-likeness (QED) is 0.889. The van der Waals surface area contributed by atoms with Gasteiger partial charge in [0, 0.05) is 24.3 Å². The fraction of sp³-hybridized carbons (Fsp3) is 0.467. The minimum absolute atomic E-state index is 0.0741. The summed E-state index contributed by atoms with van der Waals surface area (Å²) in [5, 5.41) is 2.86.